The van der Waals surface area contributed by atoms with E-state index < -0.39 is 17.1 Å². The molecule has 1 aliphatic heterocycles. The predicted octanol–water partition coefficient (Wildman–Crippen LogP) is 1.99. The van der Waals surface area contributed by atoms with Crippen molar-refractivity contribution < 1.29 is 9.66 Å². The number of fused-ring (bicyclic) bond motifs is 1. The van der Waals surface area contributed by atoms with E-state index in [4.69, 9.17) is 16.3 Å². The van der Waals surface area contributed by atoms with Crippen molar-refractivity contribution in [3.05, 3.63) is 46.1 Å². The smallest absolute Gasteiger partial charge is 0.472 e. The molecule has 0 amide bonds. The van der Waals surface area contributed by atoms with Crippen LogP contribution in [0.3, 0.4) is 0 Å². The van der Waals surface area contributed by atoms with Crippen molar-refractivity contribution in [2.24, 2.45) is 0 Å². The Morgan fingerprint density at radius 1 is 1.42 bits per heavy atom. The van der Waals surface area contributed by atoms with E-state index >= 15 is 0 Å². The van der Waals surface area contributed by atoms with Crippen LogP contribution in [0, 0.1) is 10.1 Å². The first kappa shape index (κ1) is 11.6. The largest absolute Gasteiger partial charge is 0.474 e. The fraction of sp³-hybridized carbons (Fsp3) is 0.100. The minimum atomic E-state index is -0.708. The van der Waals surface area contributed by atoms with Gasteiger partial charge in [0.25, 0.3) is 0 Å². The lowest BCUT2D eigenvalue weighted by Gasteiger charge is -2.15. The zero-order valence-electron chi connectivity index (χ0n) is 9.30. The standard InChI is InChI=1S/C10H6ClN5O3/c11-8-7-9(14-10(13-8)16(17)18)15(5-12-7)6-3-1-2-4-19-6/h1-6H. The Kier molecular flexibility index (Phi) is 2.64. The summed E-state index contributed by atoms with van der Waals surface area (Å²) in [4.78, 5) is 21.5. The molecule has 1 aliphatic rings. The molecule has 0 fully saturated rings. The number of nitrogens with zero attached hydrogens (tertiary/aromatic N) is 5. The van der Waals surface area contributed by atoms with Gasteiger partial charge in [-0.05, 0) is 33.7 Å². The Bertz CT molecular complexity index is 723. The summed E-state index contributed by atoms with van der Waals surface area (Å²) in [7, 11) is 0. The lowest BCUT2D eigenvalue weighted by Crippen LogP contribution is -2.09. The molecule has 3 rings (SSSR count). The lowest BCUT2D eigenvalue weighted by atomic mass is 10.4. The molecule has 1 atom stereocenters. The van der Waals surface area contributed by atoms with Gasteiger partial charge in [0, 0.05) is 0 Å². The number of hydrogen-bond acceptors (Lipinski definition) is 6. The molecule has 3 heterocycles. The van der Waals surface area contributed by atoms with Gasteiger partial charge in [0.2, 0.25) is 10.8 Å². The van der Waals surface area contributed by atoms with Crippen LogP contribution in [0.15, 0.2) is 30.8 Å². The highest BCUT2D eigenvalue weighted by Gasteiger charge is 2.23. The quantitative estimate of drug-likeness (QED) is 0.474. The minimum absolute atomic E-state index is 0.0641. The van der Waals surface area contributed by atoms with E-state index in [1.807, 2.05) is 0 Å². The van der Waals surface area contributed by atoms with Crippen LogP contribution in [-0.2, 0) is 4.74 Å². The maximum absolute atomic E-state index is 10.7. The monoisotopic (exact) mass is 279 g/mol. The van der Waals surface area contributed by atoms with Crippen molar-refractivity contribution in [2.75, 3.05) is 0 Å². The van der Waals surface area contributed by atoms with Crippen molar-refractivity contribution in [1.29, 1.82) is 0 Å². The Balaban J connectivity index is 2.18. The first-order chi connectivity index (χ1) is 9.16. The van der Waals surface area contributed by atoms with Gasteiger partial charge in [-0.2, -0.15) is 0 Å². The van der Waals surface area contributed by atoms with Crippen LogP contribution in [0.5, 0.6) is 0 Å². The molecule has 0 aromatic carbocycles. The average molecular weight is 280 g/mol. The van der Waals surface area contributed by atoms with Crippen molar-refractivity contribution in [3.8, 4) is 0 Å². The van der Waals surface area contributed by atoms with Crippen LogP contribution >= 0.6 is 11.6 Å². The summed E-state index contributed by atoms with van der Waals surface area (Å²) in [6.45, 7) is 0. The van der Waals surface area contributed by atoms with E-state index in [1.54, 1.807) is 18.2 Å². The van der Waals surface area contributed by atoms with E-state index in [0.29, 0.717) is 5.52 Å². The van der Waals surface area contributed by atoms with Crippen molar-refractivity contribution in [3.63, 3.8) is 0 Å². The molecule has 0 saturated carbocycles. The molecular weight excluding hydrogens is 274 g/mol. The number of allylic oxidation sites excluding steroid dienone is 2. The molecule has 2 aromatic rings. The summed E-state index contributed by atoms with van der Waals surface area (Å²) in [5.74, 6) is -0.574. The first-order valence-electron chi connectivity index (χ1n) is 5.20. The van der Waals surface area contributed by atoms with Crippen molar-refractivity contribution in [1.82, 2.24) is 19.5 Å². The van der Waals surface area contributed by atoms with Gasteiger partial charge in [0.1, 0.15) is 6.33 Å². The number of nitro groups is 1. The summed E-state index contributed by atoms with van der Waals surface area (Å²) in [6, 6.07) is 0. The van der Waals surface area contributed by atoms with E-state index in [-0.39, 0.29) is 10.8 Å². The molecule has 0 N–H and O–H groups in total. The van der Waals surface area contributed by atoms with Crippen LogP contribution in [0.4, 0.5) is 5.95 Å². The second kappa shape index (κ2) is 4.32. The van der Waals surface area contributed by atoms with E-state index in [0.717, 1.165) is 0 Å². The van der Waals surface area contributed by atoms with Gasteiger partial charge in [-0.25, -0.2) is 4.98 Å². The Morgan fingerprint density at radius 2 is 2.26 bits per heavy atom. The summed E-state index contributed by atoms with van der Waals surface area (Å²) < 4.78 is 6.89. The van der Waals surface area contributed by atoms with Crippen LogP contribution in [0.2, 0.25) is 5.15 Å². The van der Waals surface area contributed by atoms with Crippen molar-refractivity contribution >= 4 is 28.7 Å². The third-order valence-corrected chi connectivity index (χ3v) is 2.75. The van der Waals surface area contributed by atoms with Crippen LogP contribution in [0.1, 0.15) is 6.23 Å². The maximum atomic E-state index is 10.7. The van der Waals surface area contributed by atoms with E-state index in [9.17, 15) is 10.1 Å². The highest BCUT2D eigenvalue weighted by molar-refractivity contribution is 6.33. The van der Waals surface area contributed by atoms with Gasteiger partial charge >= 0.3 is 5.95 Å². The molecule has 1 unspecified atom stereocenters. The summed E-state index contributed by atoms with van der Waals surface area (Å²) in [6.07, 6.45) is 7.75. The van der Waals surface area contributed by atoms with E-state index in [2.05, 4.69) is 15.0 Å². The lowest BCUT2D eigenvalue weighted by molar-refractivity contribution is -0.394. The number of hydrogen-bond donors (Lipinski definition) is 0. The number of ether oxygens (including phenoxy) is 1. The van der Waals surface area contributed by atoms with Gasteiger partial charge < -0.3 is 14.9 Å². The second-order valence-electron chi connectivity index (χ2n) is 3.64. The van der Waals surface area contributed by atoms with Gasteiger partial charge in [-0.3, -0.25) is 4.57 Å². The van der Waals surface area contributed by atoms with Crippen LogP contribution < -0.4 is 0 Å². The highest BCUT2D eigenvalue weighted by Crippen LogP contribution is 2.25. The number of aromatic nitrogens is 4. The third kappa shape index (κ3) is 1.91. The molecule has 0 radical (unpaired) electrons. The zero-order valence-corrected chi connectivity index (χ0v) is 10.1. The molecule has 9 heteroatoms. The Morgan fingerprint density at radius 3 is 2.95 bits per heavy atom. The van der Waals surface area contributed by atoms with Crippen LogP contribution in [0.25, 0.3) is 11.2 Å². The normalized spacial score (nSPS) is 17.6. The number of imidazole rings is 1. The summed E-state index contributed by atoms with van der Waals surface area (Å²) >= 11 is 5.85. The van der Waals surface area contributed by atoms with Gasteiger partial charge in [0.15, 0.2) is 11.7 Å². The minimum Gasteiger partial charge on any atom is -0.474 e. The van der Waals surface area contributed by atoms with Gasteiger partial charge in [-0.1, -0.05) is 11.1 Å². The predicted molar refractivity (Wildman–Crippen MR) is 65.4 cm³/mol. The third-order valence-electron chi connectivity index (χ3n) is 2.49. The molecule has 0 saturated heterocycles. The van der Waals surface area contributed by atoms with Gasteiger partial charge in [-0.15, -0.1) is 0 Å². The second-order valence-corrected chi connectivity index (χ2v) is 3.99. The van der Waals surface area contributed by atoms with Crippen molar-refractivity contribution in [2.45, 2.75) is 6.23 Å². The van der Waals surface area contributed by atoms with Gasteiger partial charge in [0.05, 0.1) is 6.26 Å². The number of halogens is 1. The SMILES string of the molecule is O=[N+]([O-])c1nc(Cl)c2ncn(C3C=CC=CO3)c2n1. The summed E-state index contributed by atoms with van der Waals surface area (Å²) in [5, 5.41) is 10.7. The number of rotatable bonds is 2. The van der Waals surface area contributed by atoms with Crippen LogP contribution in [-0.4, -0.2) is 24.4 Å². The molecule has 19 heavy (non-hydrogen) atoms. The topological polar surface area (TPSA) is 96.0 Å². The molecule has 96 valence electrons. The Hall–Kier alpha value is -2.48. The maximum Gasteiger partial charge on any atom is 0.472 e. The summed E-state index contributed by atoms with van der Waals surface area (Å²) in [5.41, 5.74) is 0.537. The Labute approximate surface area is 111 Å². The molecule has 8 nitrogen and oxygen atoms in total. The fourth-order valence-electron chi connectivity index (χ4n) is 1.67. The molecule has 0 aliphatic carbocycles. The molecule has 2 aromatic heterocycles. The molecule has 0 spiro atoms. The molecular formula is C10H6ClN5O3. The average Bonchev–Trinajstić information content (AvgIpc) is 2.84. The zero-order chi connectivity index (χ0) is 13.4. The molecule has 0 bridgehead atoms. The fourth-order valence-corrected chi connectivity index (χ4v) is 1.88. The van der Waals surface area contributed by atoms with E-state index in [1.165, 1.54) is 17.2 Å². The highest BCUT2D eigenvalue weighted by atomic mass is 35.5. The first-order valence-corrected chi connectivity index (χ1v) is 5.58.